The molecular formula is C16H26ClN5O2. The van der Waals surface area contributed by atoms with E-state index >= 15 is 0 Å². The first-order chi connectivity index (χ1) is 11.1. The van der Waals surface area contributed by atoms with Crippen molar-refractivity contribution in [1.29, 1.82) is 0 Å². The Hall–Kier alpha value is -1.60. The van der Waals surface area contributed by atoms with Gasteiger partial charge in [0, 0.05) is 45.3 Å². The Morgan fingerprint density at radius 3 is 2.71 bits per heavy atom. The van der Waals surface area contributed by atoms with Crippen LogP contribution in [0.3, 0.4) is 0 Å². The molecule has 1 aromatic rings. The molecule has 0 unspecified atom stereocenters. The van der Waals surface area contributed by atoms with Gasteiger partial charge >= 0.3 is 0 Å². The predicted octanol–water partition coefficient (Wildman–Crippen LogP) is 0.274. The Balaban J connectivity index is 0.00000208. The van der Waals surface area contributed by atoms with Gasteiger partial charge in [0.15, 0.2) is 0 Å². The van der Waals surface area contributed by atoms with Gasteiger partial charge in [-0.25, -0.2) is 0 Å². The molecule has 2 aliphatic heterocycles. The van der Waals surface area contributed by atoms with E-state index in [1.807, 2.05) is 24.3 Å². The number of hydrogen-bond donors (Lipinski definition) is 2. The zero-order chi connectivity index (χ0) is 16.2. The Bertz CT molecular complexity index is 571. The van der Waals surface area contributed by atoms with Crippen LogP contribution in [-0.4, -0.2) is 59.2 Å². The van der Waals surface area contributed by atoms with Gasteiger partial charge in [-0.3, -0.25) is 14.3 Å². The molecule has 2 fully saturated rings. The lowest BCUT2D eigenvalue weighted by Crippen LogP contribution is -2.44. The second-order valence-corrected chi connectivity index (χ2v) is 6.48. The number of hydrogen-bond acceptors (Lipinski definition) is 4. The lowest BCUT2D eigenvalue weighted by molar-refractivity contribution is -0.134. The quantitative estimate of drug-likeness (QED) is 0.812. The number of carbonyl (C=O) groups excluding carboxylic acids is 2. The van der Waals surface area contributed by atoms with E-state index < -0.39 is 0 Å². The molecule has 2 atom stereocenters. The third kappa shape index (κ3) is 4.27. The molecule has 3 rings (SSSR count). The van der Waals surface area contributed by atoms with E-state index in [9.17, 15) is 9.59 Å². The largest absolute Gasteiger partial charge is 0.347 e. The fourth-order valence-corrected chi connectivity index (χ4v) is 3.48. The number of halogens is 1. The van der Waals surface area contributed by atoms with Crippen LogP contribution in [0.2, 0.25) is 0 Å². The second-order valence-electron chi connectivity index (χ2n) is 6.48. The third-order valence-electron chi connectivity index (χ3n) is 4.83. The van der Waals surface area contributed by atoms with Crippen LogP contribution in [-0.2, 0) is 16.6 Å². The summed E-state index contributed by atoms with van der Waals surface area (Å²) in [4.78, 5) is 26.5. The fourth-order valence-electron chi connectivity index (χ4n) is 3.48. The lowest BCUT2D eigenvalue weighted by Gasteiger charge is -2.27. The van der Waals surface area contributed by atoms with Crippen LogP contribution >= 0.6 is 12.4 Å². The first kappa shape index (κ1) is 18.7. The van der Waals surface area contributed by atoms with Gasteiger partial charge in [0.2, 0.25) is 11.8 Å². The van der Waals surface area contributed by atoms with E-state index in [-0.39, 0.29) is 42.6 Å². The molecule has 7 nitrogen and oxygen atoms in total. The molecule has 0 spiro atoms. The van der Waals surface area contributed by atoms with Crippen molar-refractivity contribution in [2.24, 2.45) is 13.0 Å². The maximum Gasteiger partial charge on any atom is 0.241 e. The van der Waals surface area contributed by atoms with Crippen molar-refractivity contribution >= 4 is 24.2 Å². The first-order valence-corrected chi connectivity index (χ1v) is 8.40. The van der Waals surface area contributed by atoms with Crippen molar-refractivity contribution in [3.63, 3.8) is 0 Å². The smallest absolute Gasteiger partial charge is 0.241 e. The Morgan fingerprint density at radius 2 is 2.04 bits per heavy atom. The highest BCUT2D eigenvalue weighted by molar-refractivity contribution is 5.86. The van der Waals surface area contributed by atoms with E-state index in [1.54, 1.807) is 4.68 Å². The lowest BCUT2D eigenvalue weighted by atomic mass is 9.90. The van der Waals surface area contributed by atoms with Gasteiger partial charge in [-0.2, -0.15) is 5.10 Å². The van der Waals surface area contributed by atoms with Gasteiger partial charge in [-0.1, -0.05) is 0 Å². The number of amides is 2. The molecule has 0 saturated carbocycles. The van der Waals surface area contributed by atoms with E-state index in [4.69, 9.17) is 0 Å². The molecule has 2 N–H and O–H groups in total. The summed E-state index contributed by atoms with van der Waals surface area (Å²) in [6, 6.07) is 0. The minimum Gasteiger partial charge on any atom is -0.347 e. The van der Waals surface area contributed by atoms with Gasteiger partial charge in [0.25, 0.3) is 0 Å². The monoisotopic (exact) mass is 355 g/mol. The van der Waals surface area contributed by atoms with Crippen LogP contribution in [0, 0.1) is 5.92 Å². The predicted molar refractivity (Wildman–Crippen MR) is 93.0 cm³/mol. The number of nitrogens with zero attached hydrogens (tertiary/aromatic N) is 3. The summed E-state index contributed by atoms with van der Waals surface area (Å²) in [6.07, 6.45) is 7.09. The average molecular weight is 356 g/mol. The summed E-state index contributed by atoms with van der Waals surface area (Å²) in [5.41, 5.74) is 1.07. The average Bonchev–Trinajstić information content (AvgIpc) is 3.21. The minimum atomic E-state index is -0.145. The van der Waals surface area contributed by atoms with Crippen molar-refractivity contribution in [3.05, 3.63) is 18.0 Å². The first-order valence-electron chi connectivity index (χ1n) is 8.40. The number of aryl methyl sites for hydroxylation is 1. The van der Waals surface area contributed by atoms with Crippen molar-refractivity contribution in [3.8, 4) is 0 Å². The number of piperidine rings is 1. The van der Waals surface area contributed by atoms with Crippen LogP contribution in [0.15, 0.2) is 12.4 Å². The van der Waals surface area contributed by atoms with Crippen LogP contribution in [0.1, 0.15) is 30.7 Å². The van der Waals surface area contributed by atoms with Crippen molar-refractivity contribution in [1.82, 2.24) is 25.3 Å². The van der Waals surface area contributed by atoms with Gasteiger partial charge in [-0.15, -0.1) is 12.4 Å². The van der Waals surface area contributed by atoms with Crippen molar-refractivity contribution in [2.75, 3.05) is 32.7 Å². The van der Waals surface area contributed by atoms with Crippen molar-refractivity contribution in [2.45, 2.75) is 25.2 Å². The molecular weight excluding hydrogens is 330 g/mol. The Kier molecular flexibility index (Phi) is 6.62. The van der Waals surface area contributed by atoms with Crippen LogP contribution in [0.5, 0.6) is 0 Å². The highest BCUT2D eigenvalue weighted by atomic mass is 35.5. The zero-order valence-electron chi connectivity index (χ0n) is 14.0. The highest BCUT2D eigenvalue weighted by Crippen LogP contribution is 2.27. The van der Waals surface area contributed by atoms with Gasteiger partial charge < -0.3 is 15.5 Å². The summed E-state index contributed by atoms with van der Waals surface area (Å²) in [7, 11) is 1.87. The molecule has 2 saturated heterocycles. The van der Waals surface area contributed by atoms with Crippen molar-refractivity contribution < 1.29 is 9.59 Å². The molecule has 2 aliphatic rings. The molecule has 1 aromatic heterocycles. The molecule has 134 valence electrons. The van der Waals surface area contributed by atoms with E-state index in [2.05, 4.69) is 15.7 Å². The highest BCUT2D eigenvalue weighted by Gasteiger charge is 2.34. The number of likely N-dealkylation sites (tertiary alicyclic amines) is 1. The topological polar surface area (TPSA) is 79.3 Å². The maximum absolute atomic E-state index is 12.5. The Labute approximate surface area is 148 Å². The molecule has 0 aromatic carbocycles. The normalized spacial score (nSPS) is 23.6. The molecule has 0 radical (unpaired) electrons. The third-order valence-corrected chi connectivity index (χ3v) is 4.83. The van der Waals surface area contributed by atoms with E-state index in [0.717, 1.165) is 38.0 Å². The summed E-state index contributed by atoms with van der Waals surface area (Å²) < 4.78 is 1.75. The molecule has 2 amide bonds. The fraction of sp³-hybridized carbons (Fsp3) is 0.688. The molecule has 0 aliphatic carbocycles. The number of aromatic nitrogens is 2. The van der Waals surface area contributed by atoms with Crippen LogP contribution in [0.25, 0.3) is 0 Å². The Morgan fingerprint density at radius 1 is 1.29 bits per heavy atom. The van der Waals surface area contributed by atoms with Gasteiger partial charge in [0.1, 0.15) is 0 Å². The molecule has 3 heterocycles. The van der Waals surface area contributed by atoms with Gasteiger partial charge in [-0.05, 0) is 24.8 Å². The summed E-state index contributed by atoms with van der Waals surface area (Å²) in [6.45, 7) is 3.15. The van der Waals surface area contributed by atoms with E-state index in [1.165, 1.54) is 6.42 Å². The molecule has 8 heteroatoms. The number of carbonyl (C=O) groups is 2. The summed E-state index contributed by atoms with van der Waals surface area (Å²) >= 11 is 0. The number of rotatable bonds is 4. The molecule has 0 bridgehead atoms. The standard InChI is InChI=1S/C16H25N5O2.ClH/c1-20-11-12(7-19-20)13-8-17-9-14(13)16(23)18-10-15(22)21-5-3-2-4-6-21;/h7,11,13-14,17H,2-6,8-10H2,1H3,(H,18,23);1H/t13-,14+;/m1./s1. The maximum atomic E-state index is 12.5. The van der Waals surface area contributed by atoms with Crippen LogP contribution < -0.4 is 10.6 Å². The van der Waals surface area contributed by atoms with Gasteiger partial charge in [0.05, 0.1) is 18.7 Å². The van der Waals surface area contributed by atoms with E-state index in [0.29, 0.717) is 6.54 Å². The molecule has 24 heavy (non-hydrogen) atoms. The second kappa shape index (κ2) is 8.48. The minimum absolute atomic E-state index is 0. The summed E-state index contributed by atoms with van der Waals surface area (Å²) in [5.74, 6) is -0.0432. The SMILES string of the molecule is Cl.Cn1cc([C@H]2CNC[C@@H]2C(=O)NCC(=O)N2CCCCC2)cn1. The van der Waals surface area contributed by atoms with Crippen LogP contribution in [0.4, 0.5) is 0 Å². The summed E-state index contributed by atoms with van der Waals surface area (Å²) in [5, 5.41) is 10.3. The zero-order valence-corrected chi connectivity index (χ0v) is 14.8. The number of nitrogens with one attached hydrogen (secondary N) is 2.